The van der Waals surface area contributed by atoms with Crippen LogP contribution in [0.4, 0.5) is 4.39 Å². The molecule has 1 heterocycles. The highest BCUT2D eigenvalue weighted by atomic mass is 35.5. The number of benzene rings is 1. The zero-order valence-electron chi connectivity index (χ0n) is 11.5. The van der Waals surface area contributed by atoms with E-state index >= 15 is 0 Å². The molecule has 1 fully saturated rings. The van der Waals surface area contributed by atoms with Crippen molar-refractivity contribution in [1.82, 2.24) is 5.32 Å². The molecule has 1 aliphatic rings. The van der Waals surface area contributed by atoms with E-state index in [0.29, 0.717) is 0 Å². The number of aromatic hydroxyl groups is 1. The SMILES string of the molecule is COC(=O)/C=C1/S/C(=N\N=Cc2cc(F)cc(Cl)c2O)NC1=O. The van der Waals surface area contributed by atoms with E-state index in [2.05, 4.69) is 20.3 Å². The summed E-state index contributed by atoms with van der Waals surface area (Å²) in [4.78, 5) is 22.7. The average Bonchev–Trinajstić information content (AvgIpc) is 2.84. The standard InChI is InChI=1S/C13H9ClFN3O4S/c1-22-10(19)4-9-12(21)17-13(23-9)18-16-5-6-2-7(15)3-8(14)11(6)20/h2-5,20H,1H3,(H,17,18,21)/b9-4+,16-5?. The smallest absolute Gasteiger partial charge is 0.331 e. The van der Waals surface area contributed by atoms with Gasteiger partial charge in [-0.2, -0.15) is 5.10 Å². The summed E-state index contributed by atoms with van der Waals surface area (Å²) in [6, 6.07) is 1.98. The van der Waals surface area contributed by atoms with E-state index in [4.69, 9.17) is 11.6 Å². The van der Waals surface area contributed by atoms with Crippen molar-refractivity contribution in [2.75, 3.05) is 7.11 Å². The fourth-order valence-electron chi connectivity index (χ4n) is 1.47. The molecule has 0 aromatic heterocycles. The minimum Gasteiger partial charge on any atom is -0.506 e. The van der Waals surface area contributed by atoms with Crippen LogP contribution in [0.3, 0.4) is 0 Å². The van der Waals surface area contributed by atoms with Crippen LogP contribution in [0.2, 0.25) is 5.02 Å². The monoisotopic (exact) mass is 357 g/mol. The van der Waals surface area contributed by atoms with Gasteiger partial charge in [-0.05, 0) is 23.9 Å². The number of phenols is 1. The van der Waals surface area contributed by atoms with Gasteiger partial charge in [-0.1, -0.05) is 11.6 Å². The largest absolute Gasteiger partial charge is 0.506 e. The van der Waals surface area contributed by atoms with Crippen molar-refractivity contribution in [2.45, 2.75) is 0 Å². The highest BCUT2D eigenvalue weighted by molar-refractivity contribution is 8.18. The highest BCUT2D eigenvalue weighted by Crippen LogP contribution is 2.27. The van der Waals surface area contributed by atoms with Crippen molar-refractivity contribution in [3.8, 4) is 5.75 Å². The number of carbonyl (C=O) groups is 2. The quantitative estimate of drug-likeness (QED) is 0.372. The van der Waals surface area contributed by atoms with E-state index in [1.165, 1.54) is 7.11 Å². The van der Waals surface area contributed by atoms with Crippen LogP contribution in [-0.4, -0.2) is 35.5 Å². The molecule has 120 valence electrons. The number of amides is 1. The Morgan fingerprint density at radius 3 is 2.96 bits per heavy atom. The van der Waals surface area contributed by atoms with Gasteiger partial charge in [0.2, 0.25) is 0 Å². The summed E-state index contributed by atoms with van der Waals surface area (Å²) < 4.78 is 17.6. The van der Waals surface area contributed by atoms with E-state index in [9.17, 15) is 19.1 Å². The van der Waals surface area contributed by atoms with Crippen LogP contribution < -0.4 is 5.32 Å². The predicted octanol–water partition coefficient (Wildman–Crippen LogP) is 1.79. The van der Waals surface area contributed by atoms with Crippen LogP contribution in [0, 0.1) is 5.82 Å². The van der Waals surface area contributed by atoms with Crippen molar-refractivity contribution >= 4 is 46.6 Å². The lowest BCUT2D eigenvalue weighted by atomic mass is 10.2. The molecular formula is C13H9ClFN3O4S. The first-order chi connectivity index (χ1) is 10.9. The second-order valence-corrected chi connectivity index (χ2v) is 5.50. The minimum absolute atomic E-state index is 0.0269. The third-order valence-electron chi connectivity index (χ3n) is 2.50. The van der Waals surface area contributed by atoms with Crippen LogP contribution in [0.1, 0.15) is 5.56 Å². The molecular weight excluding hydrogens is 349 g/mol. The van der Waals surface area contributed by atoms with E-state index in [1.54, 1.807) is 0 Å². The van der Waals surface area contributed by atoms with Crippen LogP contribution >= 0.6 is 23.4 Å². The third kappa shape index (κ3) is 4.30. The molecule has 23 heavy (non-hydrogen) atoms. The maximum Gasteiger partial charge on any atom is 0.331 e. The number of methoxy groups -OCH3 is 1. The summed E-state index contributed by atoms with van der Waals surface area (Å²) in [5.41, 5.74) is 0.0269. The van der Waals surface area contributed by atoms with Crippen LogP contribution in [-0.2, 0) is 14.3 Å². The van der Waals surface area contributed by atoms with Gasteiger partial charge in [0.15, 0.2) is 5.17 Å². The molecule has 0 aliphatic carbocycles. The summed E-state index contributed by atoms with van der Waals surface area (Å²) in [6.07, 6.45) is 2.09. The Hall–Kier alpha value is -2.39. The molecule has 1 saturated heterocycles. The Morgan fingerprint density at radius 1 is 1.52 bits per heavy atom. The summed E-state index contributed by atoms with van der Waals surface area (Å²) >= 11 is 6.51. The van der Waals surface area contributed by atoms with Crippen molar-refractivity contribution < 1.29 is 23.8 Å². The molecule has 7 nitrogen and oxygen atoms in total. The number of amidine groups is 1. The Kier molecular flexibility index (Phi) is 5.35. The number of halogens is 2. The maximum absolute atomic E-state index is 13.2. The van der Waals surface area contributed by atoms with Gasteiger partial charge in [-0.25, -0.2) is 9.18 Å². The van der Waals surface area contributed by atoms with E-state index < -0.39 is 17.7 Å². The topological polar surface area (TPSA) is 100 Å². The first kappa shape index (κ1) is 17.0. The number of phenolic OH excluding ortho intramolecular Hbond substituents is 1. The van der Waals surface area contributed by atoms with E-state index in [1.807, 2.05) is 0 Å². The molecule has 1 aromatic rings. The number of rotatable bonds is 3. The van der Waals surface area contributed by atoms with Crippen molar-refractivity contribution in [3.05, 3.63) is 39.5 Å². The first-order valence-electron chi connectivity index (χ1n) is 5.98. The van der Waals surface area contributed by atoms with Crippen molar-refractivity contribution in [3.63, 3.8) is 0 Å². The summed E-state index contributed by atoms with van der Waals surface area (Å²) in [6.45, 7) is 0. The number of ether oxygens (including phenoxy) is 1. The number of thioether (sulfide) groups is 1. The molecule has 0 atom stereocenters. The number of nitrogens with zero attached hydrogens (tertiary/aromatic N) is 2. The normalized spacial score (nSPS) is 18.0. The molecule has 1 aromatic carbocycles. The fraction of sp³-hybridized carbons (Fsp3) is 0.0769. The van der Waals surface area contributed by atoms with Gasteiger partial charge in [0, 0.05) is 11.6 Å². The molecule has 0 unspecified atom stereocenters. The van der Waals surface area contributed by atoms with Crippen LogP contribution in [0.15, 0.2) is 33.3 Å². The Balaban J connectivity index is 2.14. The second-order valence-electron chi connectivity index (χ2n) is 4.06. The molecule has 0 spiro atoms. The molecule has 0 saturated carbocycles. The summed E-state index contributed by atoms with van der Waals surface area (Å²) in [7, 11) is 1.19. The fourth-order valence-corrected chi connectivity index (χ4v) is 2.42. The van der Waals surface area contributed by atoms with Gasteiger partial charge in [-0.15, -0.1) is 5.10 Å². The molecule has 2 N–H and O–H groups in total. The molecule has 0 radical (unpaired) electrons. The molecule has 1 amide bonds. The van der Waals surface area contributed by atoms with Crippen LogP contribution in [0.25, 0.3) is 0 Å². The molecule has 1 aliphatic heterocycles. The van der Waals surface area contributed by atoms with Crippen molar-refractivity contribution in [2.24, 2.45) is 10.2 Å². The summed E-state index contributed by atoms with van der Waals surface area (Å²) in [5, 5.41) is 19.3. The van der Waals surface area contributed by atoms with E-state index in [0.717, 1.165) is 36.2 Å². The average molecular weight is 358 g/mol. The Morgan fingerprint density at radius 2 is 2.26 bits per heavy atom. The van der Waals surface area contributed by atoms with Gasteiger partial charge >= 0.3 is 5.97 Å². The lowest BCUT2D eigenvalue weighted by Gasteiger charge is -2.00. The van der Waals surface area contributed by atoms with Crippen molar-refractivity contribution in [1.29, 1.82) is 0 Å². The lowest BCUT2D eigenvalue weighted by Crippen LogP contribution is -2.19. The number of esters is 1. The molecule has 10 heteroatoms. The van der Waals surface area contributed by atoms with Gasteiger partial charge < -0.3 is 9.84 Å². The third-order valence-corrected chi connectivity index (χ3v) is 3.69. The number of nitrogens with one attached hydrogen (secondary N) is 1. The molecule has 0 bridgehead atoms. The van der Waals surface area contributed by atoms with E-state index in [-0.39, 0.29) is 26.4 Å². The number of hydrogen-bond donors (Lipinski definition) is 2. The predicted molar refractivity (Wildman–Crippen MR) is 83.9 cm³/mol. The minimum atomic E-state index is -0.674. The van der Waals surface area contributed by atoms with Gasteiger partial charge in [0.05, 0.1) is 23.3 Å². The second kappa shape index (κ2) is 7.25. The Bertz CT molecular complexity index is 764. The maximum atomic E-state index is 13.2. The van der Waals surface area contributed by atoms with Gasteiger partial charge in [-0.3, -0.25) is 10.1 Å². The van der Waals surface area contributed by atoms with Gasteiger partial charge in [0.1, 0.15) is 11.6 Å². The number of hydrogen-bond acceptors (Lipinski definition) is 7. The Labute approximate surface area is 138 Å². The van der Waals surface area contributed by atoms with Gasteiger partial charge in [0.25, 0.3) is 5.91 Å². The zero-order valence-corrected chi connectivity index (χ0v) is 13.1. The first-order valence-corrected chi connectivity index (χ1v) is 7.18. The highest BCUT2D eigenvalue weighted by Gasteiger charge is 2.25. The van der Waals surface area contributed by atoms with Crippen LogP contribution in [0.5, 0.6) is 5.75 Å². The summed E-state index contributed by atoms with van der Waals surface area (Å²) in [5.74, 6) is -2.18. The lowest BCUT2D eigenvalue weighted by molar-refractivity contribution is -0.135. The molecule has 2 rings (SSSR count). The number of carbonyl (C=O) groups excluding carboxylic acids is 2. The zero-order chi connectivity index (χ0) is 17.0.